The summed E-state index contributed by atoms with van der Waals surface area (Å²) in [4.78, 5) is 16.3. The zero-order chi connectivity index (χ0) is 35.2. The highest BCUT2D eigenvalue weighted by molar-refractivity contribution is 6.00. The van der Waals surface area contributed by atoms with E-state index in [2.05, 4.69) is 107 Å². The van der Waals surface area contributed by atoms with Crippen LogP contribution in [0.15, 0.2) is 60.7 Å². The molecule has 3 aromatic carbocycles. The summed E-state index contributed by atoms with van der Waals surface area (Å²) < 4.78 is 15.4. The van der Waals surface area contributed by atoms with Crippen molar-refractivity contribution in [2.75, 3.05) is 24.6 Å². The van der Waals surface area contributed by atoms with Crippen LogP contribution in [0.25, 0.3) is 16.7 Å². The number of ether oxygens (including phenoxy) is 2. The lowest BCUT2D eigenvalue weighted by Crippen LogP contribution is -2.49. The summed E-state index contributed by atoms with van der Waals surface area (Å²) in [5.74, 6) is 1.84. The van der Waals surface area contributed by atoms with Gasteiger partial charge in [-0.2, -0.15) is 0 Å². The highest BCUT2D eigenvalue weighted by Crippen LogP contribution is 2.46. The van der Waals surface area contributed by atoms with Crippen LogP contribution in [-0.2, 0) is 4.74 Å². The minimum Gasteiger partial charge on any atom is -0.462 e. The van der Waals surface area contributed by atoms with Gasteiger partial charge in [0.05, 0.1) is 23.8 Å². The SMILES string of the molecule is CC.CCN1c2cc3c(cc2C(C)=CC1(C)C)C(c1ccccc1C(=O)OCC1CCCC1)=c1cc2c(cc1O3)=[N+](CC)C(C)(C)C=C2C. The molecule has 1 saturated carbocycles. The number of rotatable bonds is 6. The van der Waals surface area contributed by atoms with Gasteiger partial charge in [0.15, 0.2) is 5.54 Å². The van der Waals surface area contributed by atoms with Gasteiger partial charge in [-0.25, -0.2) is 9.37 Å². The van der Waals surface area contributed by atoms with Crippen LogP contribution in [-0.4, -0.2) is 36.7 Å². The summed E-state index contributed by atoms with van der Waals surface area (Å²) in [7, 11) is 0. The lowest BCUT2D eigenvalue weighted by Gasteiger charge is -2.43. The first-order chi connectivity index (χ1) is 23.4. The predicted molar refractivity (Wildman–Crippen MR) is 204 cm³/mol. The van der Waals surface area contributed by atoms with Crippen molar-refractivity contribution < 1.29 is 14.3 Å². The van der Waals surface area contributed by atoms with Gasteiger partial charge in [0, 0.05) is 59.6 Å². The van der Waals surface area contributed by atoms with Gasteiger partial charge in [-0.15, -0.1) is 0 Å². The van der Waals surface area contributed by atoms with Gasteiger partial charge in [-0.05, 0) is 101 Å². The van der Waals surface area contributed by atoms with Crippen molar-refractivity contribution in [3.63, 3.8) is 0 Å². The Hall–Kier alpha value is -4.12. The fourth-order valence-corrected chi connectivity index (χ4v) is 8.80. The monoisotopic (exact) mass is 659 g/mol. The van der Waals surface area contributed by atoms with Gasteiger partial charge >= 0.3 is 5.97 Å². The number of fused-ring (bicyclic) bond motifs is 4. The van der Waals surface area contributed by atoms with E-state index < -0.39 is 0 Å². The number of hydrogen-bond acceptors (Lipinski definition) is 4. The normalized spacial score (nSPS) is 18.5. The van der Waals surface area contributed by atoms with Crippen molar-refractivity contribution >= 4 is 28.4 Å². The summed E-state index contributed by atoms with van der Waals surface area (Å²) in [6, 6.07) is 17.0. The third-order valence-corrected chi connectivity index (χ3v) is 10.9. The minimum absolute atomic E-state index is 0.120. The van der Waals surface area contributed by atoms with Crippen LogP contribution in [0.5, 0.6) is 11.5 Å². The first-order valence-electron chi connectivity index (χ1n) is 18.6. The summed E-state index contributed by atoms with van der Waals surface area (Å²) in [5.41, 5.74) is 9.32. The molecule has 5 nitrogen and oxygen atoms in total. The molecule has 49 heavy (non-hydrogen) atoms. The number of benzene rings is 3. The Morgan fingerprint density at radius 2 is 1.57 bits per heavy atom. The van der Waals surface area contributed by atoms with Gasteiger partial charge in [0.2, 0.25) is 5.36 Å². The number of carbonyl (C=O) groups is 1. The Balaban J connectivity index is 0.00000205. The molecule has 0 unspecified atom stereocenters. The number of esters is 1. The van der Waals surface area contributed by atoms with Crippen LogP contribution in [0.4, 0.5) is 5.69 Å². The van der Waals surface area contributed by atoms with Crippen molar-refractivity contribution in [3.8, 4) is 11.5 Å². The minimum atomic E-state index is -0.254. The molecule has 258 valence electrons. The average Bonchev–Trinajstić information content (AvgIpc) is 3.59. The Bertz CT molecular complexity index is 1990. The van der Waals surface area contributed by atoms with Crippen LogP contribution >= 0.6 is 0 Å². The molecule has 5 heteroatoms. The van der Waals surface area contributed by atoms with Gasteiger partial charge in [0.25, 0.3) is 0 Å². The molecular weight excluding hydrogens is 604 g/mol. The van der Waals surface area contributed by atoms with Gasteiger partial charge in [0.1, 0.15) is 18.0 Å². The van der Waals surface area contributed by atoms with E-state index >= 15 is 0 Å². The standard InChI is InChI=1S/C42H49N2O3.C2H6/c1-9-43-35-21-37-33(19-31(35)26(3)23-41(43,5)6)39(29-17-13-14-18-30(29)40(45)46-25-28-15-11-12-16-28)34-20-32-27(4)24-42(7,8)44(10-2)36(32)22-38(34)47-37;1-2/h13-14,17-24,28H,9-12,15-16,25H2,1-8H3;1-2H3/q+1;. The molecule has 0 bridgehead atoms. The second kappa shape index (κ2) is 13.3. The van der Waals surface area contributed by atoms with Crippen LogP contribution in [0.2, 0.25) is 0 Å². The second-order valence-corrected chi connectivity index (χ2v) is 15.0. The third-order valence-electron chi connectivity index (χ3n) is 10.9. The van der Waals surface area contributed by atoms with Crippen LogP contribution in [0.1, 0.15) is 128 Å². The lowest BCUT2D eigenvalue weighted by atomic mass is 9.83. The highest BCUT2D eigenvalue weighted by atomic mass is 16.5. The second-order valence-electron chi connectivity index (χ2n) is 15.0. The molecule has 3 heterocycles. The Morgan fingerprint density at radius 3 is 2.27 bits per heavy atom. The maximum atomic E-state index is 13.9. The van der Waals surface area contributed by atoms with Gasteiger partial charge in [-0.3, -0.25) is 0 Å². The number of anilines is 1. The molecule has 0 saturated heterocycles. The predicted octanol–water partition coefficient (Wildman–Crippen LogP) is 9.14. The average molecular weight is 660 g/mol. The maximum Gasteiger partial charge on any atom is 0.338 e. The zero-order valence-electron chi connectivity index (χ0n) is 31.4. The van der Waals surface area contributed by atoms with Crippen molar-refractivity contribution in [2.24, 2.45) is 5.92 Å². The van der Waals surface area contributed by atoms with Crippen molar-refractivity contribution in [1.29, 1.82) is 0 Å². The molecule has 0 aromatic heterocycles. The van der Waals surface area contributed by atoms with Crippen molar-refractivity contribution in [3.05, 3.63) is 99.1 Å². The van der Waals surface area contributed by atoms with Crippen molar-refractivity contribution in [2.45, 2.75) is 106 Å². The molecule has 7 rings (SSSR count). The smallest absolute Gasteiger partial charge is 0.338 e. The number of allylic oxidation sites excluding steroid dienone is 2. The molecule has 0 spiro atoms. The number of carbonyl (C=O) groups excluding carboxylic acids is 1. The van der Waals surface area contributed by atoms with Crippen LogP contribution in [0, 0.1) is 5.92 Å². The fourth-order valence-electron chi connectivity index (χ4n) is 8.80. The zero-order valence-corrected chi connectivity index (χ0v) is 31.4. The van der Waals surface area contributed by atoms with E-state index in [0.29, 0.717) is 18.1 Å². The molecule has 1 fully saturated rings. The topological polar surface area (TPSA) is 41.8 Å². The molecule has 0 radical (unpaired) electrons. The van der Waals surface area contributed by atoms with Crippen LogP contribution < -0.4 is 24.8 Å². The molecule has 0 N–H and O–H groups in total. The molecule has 3 aromatic rings. The summed E-state index contributed by atoms with van der Waals surface area (Å²) >= 11 is 0. The molecule has 4 aliphatic rings. The van der Waals surface area contributed by atoms with Gasteiger partial charge in [-0.1, -0.05) is 51.0 Å². The van der Waals surface area contributed by atoms with E-state index in [1.807, 2.05) is 32.0 Å². The molecule has 3 aliphatic heterocycles. The number of nitrogens with zero attached hydrogens (tertiary/aromatic N) is 2. The van der Waals surface area contributed by atoms with Crippen molar-refractivity contribution in [1.82, 2.24) is 4.58 Å². The highest BCUT2D eigenvalue weighted by Gasteiger charge is 2.36. The third kappa shape index (κ3) is 6.04. The van der Waals surface area contributed by atoms with E-state index in [1.54, 1.807) is 0 Å². The lowest BCUT2D eigenvalue weighted by molar-refractivity contribution is 0.0442. The van der Waals surface area contributed by atoms with E-state index in [9.17, 15) is 4.79 Å². The van der Waals surface area contributed by atoms with E-state index in [0.717, 1.165) is 59.3 Å². The maximum absolute atomic E-state index is 13.9. The Labute approximate surface area is 293 Å². The molecule has 0 atom stereocenters. The van der Waals surface area contributed by atoms with E-state index in [1.165, 1.54) is 46.2 Å². The van der Waals surface area contributed by atoms with E-state index in [4.69, 9.17) is 9.47 Å². The summed E-state index contributed by atoms with van der Waals surface area (Å²) in [5, 5.41) is 2.18. The molecule has 1 aliphatic carbocycles. The van der Waals surface area contributed by atoms with Crippen LogP contribution in [0.3, 0.4) is 0 Å². The number of hydrogen-bond donors (Lipinski definition) is 0. The quantitative estimate of drug-likeness (QED) is 0.153. The Kier molecular flexibility index (Phi) is 9.43. The first-order valence-corrected chi connectivity index (χ1v) is 18.6. The fraction of sp³-hybridized carbons (Fsp3) is 0.455. The number of likely N-dealkylation sites (N-methyl/N-ethyl adjacent to an activating group) is 2. The summed E-state index contributed by atoms with van der Waals surface area (Å²) in [6.45, 7) is 24.2. The van der Waals surface area contributed by atoms with E-state index in [-0.39, 0.29) is 17.0 Å². The largest absolute Gasteiger partial charge is 0.462 e. The first kappa shape index (κ1) is 34.7. The summed E-state index contributed by atoms with van der Waals surface area (Å²) in [6.07, 6.45) is 9.44. The molecular formula is C44H55N2O3+. The molecule has 0 amide bonds. The Morgan fingerprint density at radius 1 is 0.878 bits per heavy atom. The van der Waals surface area contributed by atoms with Gasteiger partial charge < -0.3 is 14.4 Å².